The maximum Gasteiger partial charge on any atom is 0.00884 e. The highest BCUT2D eigenvalue weighted by Gasteiger charge is 2.38. The summed E-state index contributed by atoms with van der Waals surface area (Å²) in [6.07, 6.45) is 22.7. The number of hydrogen-bond acceptors (Lipinski definition) is 0. The summed E-state index contributed by atoms with van der Waals surface area (Å²) < 4.78 is 0. The molecule has 0 spiro atoms. The van der Waals surface area contributed by atoms with Crippen molar-refractivity contribution in [2.75, 3.05) is 0 Å². The van der Waals surface area contributed by atoms with Gasteiger partial charge in [-0.3, -0.25) is 0 Å². The van der Waals surface area contributed by atoms with Crippen molar-refractivity contribution < 1.29 is 0 Å². The van der Waals surface area contributed by atoms with E-state index < -0.39 is 0 Å². The Morgan fingerprint density at radius 2 is 1.44 bits per heavy atom. The molecule has 142 valence electrons. The van der Waals surface area contributed by atoms with Gasteiger partial charge in [0.2, 0.25) is 0 Å². The minimum absolute atomic E-state index is 0.0916. The van der Waals surface area contributed by atoms with Gasteiger partial charge in [0.25, 0.3) is 0 Å². The van der Waals surface area contributed by atoms with Gasteiger partial charge in [0, 0.05) is 5.92 Å². The molecule has 3 atom stereocenters. The van der Waals surface area contributed by atoms with Crippen molar-refractivity contribution in [1.82, 2.24) is 0 Å². The molecule has 0 aliphatic heterocycles. The molecule has 0 N–H and O–H groups in total. The first-order valence-corrected chi connectivity index (χ1v) is 13.5. The van der Waals surface area contributed by atoms with Crippen molar-refractivity contribution in [1.29, 1.82) is 0 Å². The van der Waals surface area contributed by atoms with Gasteiger partial charge in [0.1, 0.15) is 0 Å². The van der Waals surface area contributed by atoms with E-state index in [9.17, 15) is 0 Å². The summed E-state index contributed by atoms with van der Waals surface area (Å²) >= 11 is 0. The first kappa shape index (κ1) is 20.1. The first-order chi connectivity index (χ1) is 12.0. The lowest BCUT2D eigenvalue weighted by molar-refractivity contribution is 0.485. The maximum atomic E-state index is 2.59. The Hall–Kier alpha value is 0.340. The molecule has 0 amide bonds. The Morgan fingerprint density at radius 1 is 0.920 bits per heavy atom. The average Bonchev–Trinajstić information content (AvgIpc) is 3.05. The summed E-state index contributed by atoms with van der Waals surface area (Å²) in [5.41, 5.74) is 2.92. The molecule has 0 saturated heterocycles. The van der Waals surface area contributed by atoms with E-state index in [4.69, 9.17) is 0 Å². The number of rotatable bonds is 5. The zero-order valence-electron chi connectivity index (χ0n) is 17.1. The SMILES string of the molecule is CC(PC(C)(C)C)C1C=CC=C1P(C1CCCCC1)C1CCCCC1. The molecule has 0 heterocycles. The fourth-order valence-electron chi connectivity index (χ4n) is 5.38. The van der Waals surface area contributed by atoms with Crippen molar-refractivity contribution in [3.63, 3.8) is 0 Å². The van der Waals surface area contributed by atoms with Crippen molar-refractivity contribution in [3.8, 4) is 0 Å². The van der Waals surface area contributed by atoms with Crippen LogP contribution >= 0.6 is 16.5 Å². The van der Waals surface area contributed by atoms with Crippen LogP contribution < -0.4 is 0 Å². The van der Waals surface area contributed by atoms with Crippen LogP contribution in [0.2, 0.25) is 0 Å². The van der Waals surface area contributed by atoms with Gasteiger partial charge in [-0.2, -0.15) is 0 Å². The molecule has 2 saturated carbocycles. The summed E-state index contributed by atoms with van der Waals surface area (Å²) in [6, 6.07) is 0. The van der Waals surface area contributed by atoms with E-state index in [2.05, 4.69) is 45.9 Å². The summed E-state index contributed by atoms with van der Waals surface area (Å²) in [6.45, 7) is 9.81. The lowest BCUT2D eigenvalue weighted by Gasteiger charge is -2.42. The monoisotopic (exact) mass is 378 g/mol. The van der Waals surface area contributed by atoms with Crippen LogP contribution in [0.5, 0.6) is 0 Å². The number of allylic oxidation sites excluding steroid dienone is 4. The molecule has 2 heteroatoms. The van der Waals surface area contributed by atoms with Crippen molar-refractivity contribution in [3.05, 3.63) is 23.5 Å². The van der Waals surface area contributed by atoms with E-state index in [-0.39, 0.29) is 7.92 Å². The van der Waals surface area contributed by atoms with Gasteiger partial charge in [-0.05, 0) is 53.1 Å². The third-order valence-corrected chi connectivity index (χ3v) is 11.7. The van der Waals surface area contributed by atoms with Crippen LogP contribution in [0.25, 0.3) is 0 Å². The van der Waals surface area contributed by atoms with Crippen LogP contribution in [-0.2, 0) is 0 Å². The molecule has 0 aromatic heterocycles. The topological polar surface area (TPSA) is 0 Å². The standard InChI is InChI=1S/C23H40P2/c1-18(24-23(2,3)4)21-16-11-17-22(21)25(19-12-7-5-8-13-19)20-14-9-6-10-15-20/h11,16-21,24H,5-10,12-15H2,1-4H3. The molecule has 3 rings (SSSR count). The predicted octanol–water partition coefficient (Wildman–Crippen LogP) is 8.07. The van der Waals surface area contributed by atoms with Gasteiger partial charge in [0.05, 0.1) is 0 Å². The van der Waals surface area contributed by atoms with Gasteiger partial charge in [0.15, 0.2) is 0 Å². The molecular formula is C23H40P2. The average molecular weight is 379 g/mol. The molecule has 2 fully saturated rings. The van der Waals surface area contributed by atoms with E-state index in [1.54, 1.807) is 0 Å². The van der Waals surface area contributed by atoms with Gasteiger partial charge >= 0.3 is 0 Å². The normalized spacial score (nSPS) is 28.2. The Labute approximate surface area is 160 Å². The Bertz CT molecular complexity index is 455. The van der Waals surface area contributed by atoms with Gasteiger partial charge < -0.3 is 0 Å². The fourth-order valence-corrected chi connectivity index (χ4v) is 11.5. The maximum absolute atomic E-state index is 2.59. The summed E-state index contributed by atoms with van der Waals surface area (Å²) in [5, 5.41) is 2.39. The quantitative estimate of drug-likeness (QED) is 0.424. The van der Waals surface area contributed by atoms with Crippen molar-refractivity contribution in [2.24, 2.45) is 5.92 Å². The highest BCUT2D eigenvalue weighted by Crippen LogP contribution is 2.65. The lowest BCUT2D eigenvalue weighted by Crippen LogP contribution is -2.25. The van der Waals surface area contributed by atoms with E-state index in [1.165, 1.54) is 64.2 Å². The predicted molar refractivity (Wildman–Crippen MR) is 119 cm³/mol. The molecule has 0 radical (unpaired) electrons. The van der Waals surface area contributed by atoms with E-state index in [0.717, 1.165) is 31.5 Å². The summed E-state index contributed by atoms with van der Waals surface area (Å²) in [5.74, 6) is 0.757. The smallest absolute Gasteiger partial charge is 0.00884 e. The summed E-state index contributed by atoms with van der Waals surface area (Å²) in [7, 11) is 1.16. The minimum Gasteiger partial charge on any atom is -0.113 e. The summed E-state index contributed by atoms with van der Waals surface area (Å²) in [4.78, 5) is 0. The molecule has 3 unspecified atom stereocenters. The van der Waals surface area contributed by atoms with E-state index >= 15 is 0 Å². The molecule has 0 aromatic rings. The highest BCUT2D eigenvalue weighted by atomic mass is 31.1. The molecule has 0 nitrogen and oxygen atoms in total. The Kier molecular flexibility index (Phi) is 7.25. The highest BCUT2D eigenvalue weighted by molar-refractivity contribution is 7.63. The van der Waals surface area contributed by atoms with Gasteiger partial charge in [-0.25, -0.2) is 0 Å². The molecule has 0 bridgehead atoms. The third-order valence-electron chi connectivity index (χ3n) is 6.36. The molecular weight excluding hydrogens is 338 g/mol. The molecule has 3 aliphatic carbocycles. The van der Waals surface area contributed by atoms with Crippen LogP contribution in [0, 0.1) is 5.92 Å². The zero-order chi connectivity index (χ0) is 17.9. The lowest BCUT2D eigenvalue weighted by atomic mass is 9.99. The first-order valence-electron chi connectivity index (χ1n) is 10.9. The fraction of sp³-hybridized carbons (Fsp3) is 0.826. The zero-order valence-corrected chi connectivity index (χ0v) is 19.0. The van der Waals surface area contributed by atoms with Crippen LogP contribution in [0.3, 0.4) is 0 Å². The van der Waals surface area contributed by atoms with Crippen LogP contribution in [0.15, 0.2) is 23.5 Å². The Morgan fingerprint density at radius 3 is 1.92 bits per heavy atom. The van der Waals surface area contributed by atoms with Gasteiger partial charge in [-0.15, -0.1) is 8.58 Å². The van der Waals surface area contributed by atoms with E-state index in [1.807, 2.05) is 5.31 Å². The van der Waals surface area contributed by atoms with Gasteiger partial charge in [-0.1, -0.05) is 92.4 Å². The van der Waals surface area contributed by atoms with Crippen LogP contribution in [-0.4, -0.2) is 22.1 Å². The molecule has 3 aliphatic rings. The van der Waals surface area contributed by atoms with Crippen LogP contribution in [0.4, 0.5) is 0 Å². The van der Waals surface area contributed by atoms with Crippen molar-refractivity contribution in [2.45, 2.75) is 114 Å². The Balaban J connectivity index is 1.78. The number of hydrogen-bond donors (Lipinski definition) is 0. The van der Waals surface area contributed by atoms with E-state index in [0.29, 0.717) is 5.16 Å². The minimum atomic E-state index is 0.0916. The second-order valence-corrected chi connectivity index (χ2v) is 15.2. The van der Waals surface area contributed by atoms with Crippen LogP contribution in [0.1, 0.15) is 91.9 Å². The molecule has 0 aromatic carbocycles. The molecule has 25 heavy (non-hydrogen) atoms. The largest absolute Gasteiger partial charge is 0.113 e. The second kappa shape index (κ2) is 9.02. The second-order valence-electron chi connectivity index (χ2n) is 9.68. The van der Waals surface area contributed by atoms with Crippen molar-refractivity contribution >= 4 is 16.5 Å². The third kappa shape index (κ3) is 5.42.